The minimum Gasteiger partial charge on any atom is -0.332 e. The van der Waals surface area contributed by atoms with Crippen molar-refractivity contribution in [2.24, 2.45) is 0 Å². The van der Waals surface area contributed by atoms with Gasteiger partial charge in [-0.2, -0.15) is 0 Å². The van der Waals surface area contributed by atoms with E-state index in [4.69, 9.17) is 0 Å². The summed E-state index contributed by atoms with van der Waals surface area (Å²) in [6, 6.07) is 0.509. The number of nitrogens with zero attached hydrogens (tertiary/aromatic N) is 4. The molecule has 0 spiro atoms. The van der Waals surface area contributed by atoms with Crippen LogP contribution < -0.4 is 5.32 Å². The molecule has 1 aromatic heterocycles. The second kappa shape index (κ2) is 6.59. The van der Waals surface area contributed by atoms with Crippen molar-refractivity contribution in [3.63, 3.8) is 0 Å². The molecule has 0 saturated carbocycles. The Morgan fingerprint density at radius 3 is 2.87 bits per heavy atom. The van der Waals surface area contributed by atoms with Gasteiger partial charge in [-0.3, -0.25) is 4.79 Å². The Kier molecular flexibility index (Phi) is 4.33. The quantitative estimate of drug-likeness (QED) is 0.923. The van der Waals surface area contributed by atoms with Crippen LogP contribution in [0.4, 0.5) is 0 Å². The van der Waals surface area contributed by atoms with Gasteiger partial charge in [0, 0.05) is 32.0 Å². The van der Waals surface area contributed by atoms with E-state index < -0.39 is 0 Å². The number of rotatable bonds is 3. The minimum absolute atomic E-state index is 0.136. The standard InChI is InChI=1S/C17H27N5O/c23-16(12-13-6-5-9-18-13)21-10-3-1-7-14(21)17-20-19-15-8-2-4-11-22(15)17/h13-14,18H,1-12H2. The highest BCUT2D eigenvalue weighted by molar-refractivity contribution is 5.77. The van der Waals surface area contributed by atoms with Crippen LogP contribution in [0.2, 0.25) is 0 Å². The van der Waals surface area contributed by atoms with Gasteiger partial charge in [0.25, 0.3) is 0 Å². The summed E-state index contributed by atoms with van der Waals surface area (Å²) in [6.45, 7) is 2.94. The zero-order valence-corrected chi connectivity index (χ0v) is 13.8. The van der Waals surface area contributed by atoms with Gasteiger partial charge in [0.1, 0.15) is 5.82 Å². The average molecular weight is 317 g/mol. The molecule has 4 rings (SSSR count). The second-order valence-electron chi connectivity index (χ2n) is 7.18. The lowest BCUT2D eigenvalue weighted by Gasteiger charge is -2.36. The Morgan fingerprint density at radius 1 is 1.09 bits per heavy atom. The van der Waals surface area contributed by atoms with Crippen molar-refractivity contribution in [3.8, 4) is 0 Å². The molecule has 3 aliphatic heterocycles. The van der Waals surface area contributed by atoms with Crippen LogP contribution in [0.3, 0.4) is 0 Å². The lowest BCUT2D eigenvalue weighted by Crippen LogP contribution is -2.42. The van der Waals surface area contributed by atoms with Gasteiger partial charge in [-0.25, -0.2) is 0 Å². The first-order valence-corrected chi connectivity index (χ1v) is 9.28. The summed E-state index contributed by atoms with van der Waals surface area (Å²) in [5.74, 6) is 2.44. The van der Waals surface area contributed by atoms with E-state index in [2.05, 4.69) is 25.0 Å². The van der Waals surface area contributed by atoms with Crippen molar-refractivity contribution in [3.05, 3.63) is 11.6 Å². The molecule has 1 N–H and O–H groups in total. The third-order valence-corrected chi connectivity index (χ3v) is 5.59. The van der Waals surface area contributed by atoms with Crippen molar-refractivity contribution in [1.29, 1.82) is 0 Å². The van der Waals surface area contributed by atoms with Crippen molar-refractivity contribution in [2.75, 3.05) is 13.1 Å². The van der Waals surface area contributed by atoms with E-state index in [0.29, 0.717) is 18.4 Å². The molecule has 23 heavy (non-hydrogen) atoms. The number of hydrogen-bond donors (Lipinski definition) is 1. The van der Waals surface area contributed by atoms with Crippen molar-refractivity contribution in [1.82, 2.24) is 25.0 Å². The molecule has 0 aromatic carbocycles. The summed E-state index contributed by atoms with van der Waals surface area (Å²) >= 11 is 0. The number of amides is 1. The summed E-state index contributed by atoms with van der Waals surface area (Å²) in [5.41, 5.74) is 0. The van der Waals surface area contributed by atoms with Gasteiger partial charge >= 0.3 is 0 Å². The first kappa shape index (κ1) is 15.1. The van der Waals surface area contributed by atoms with E-state index >= 15 is 0 Å². The minimum atomic E-state index is 0.136. The average Bonchev–Trinajstić information content (AvgIpc) is 3.24. The zero-order chi connectivity index (χ0) is 15.6. The highest BCUT2D eigenvalue weighted by atomic mass is 16.2. The fourth-order valence-corrected chi connectivity index (χ4v) is 4.33. The maximum absolute atomic E-state index is 12.9. The number of aryl methyl sites for hydroxylation is 1. The molecule has 6 heteroatoms. The number of nitrogens with one attached hydrogen (secondary N) is 1. The maximum Gasteiger partial charge on any atom is 0.224 e. The molecular formula is C17H27N5O. The van der Waals surface area contributed by atoms with Crippen LogP contribution in [0.15, 0.2) is 0 Å². The number of fused-ring (bicyclic) bond motifs is 1. The molecule has 3 aliphatic rings. The van der Waals surface area contributed by atoms with Crippen LogP contribution in [-0.2, 0) is 17.8 Å². The fourth-order valence-electron chi connectivity index (χ4n) is 4.33. The number of piperidine rings is 1. The molecule has 4 heterocycles. The summed E-state index contributed by atoms with van der Waals surface area (Å²) in [5, 5.41) is 12.3. The van der Waals surface area contributed by atoms with Crippen molar-refractivity contribution >= 4 is 5.91 Å². The number of likely N-dealkylation sites (tertiary alicyclic amines) is 1. The van der Waals surface area contributed by atoms with Gasteiger partial charge < -0.3 is 14.8 Å². The number of carbonyl (C=O) groups excluding carboxylic acids is 1. The van der Waals surface area contributed by atoms with Gasteiger partial charge in [0.15, 0.2) is 5.82 Å². The van der Waals surface area contributed by atoms with Crippen molar-refractivity contribution in [2.45, 2.75) is 76.4 Å². The molecule has 2 fully saturated rings. The first-order chi connectivity index (χ1) is 11.3. The molecule has 1 aromatic rings. The highest BCUT2D eigenvalue weighted by Gasteiger charge is 2.33. The molecule has 2 atom stereocenters. The molecule has 1 amide bonds. The molecule has 2 unspecified atom stereocenters. The van der Waals surface area contributed by atoms with Crippen LogP contribution in [-0.4, -0.2) is 44.7 Å². The Labute approximate surface area is 137 Å². The van der Waals surface area contributed by atoms with E-state index in [1.54, 1.807) is 0 Å². The van der Waals surface area contributed by atoms with Gasteiger partial charge in [-0.1, -0.05) is 0 Å². The topological polar surface area (TPSA) is 63.1 Å². The SMILES string of the molecule is O=C(CC1CCCN1)N1CCCCC1c1nnc2n1CCCC2. The van der Waals surface area contributed by atoms with Gasteiger partial charge in [0.05, 0.1) is 6.04 Å². The third kappa shape index (κ3) is 3.01. The summed E-state index contributed by atoms with van der Waals surface area (Å²) in [4.78, 5) is 14.9. The van der Waals surface area contributed by atoms with E-state index in [1.807, 2.05) is 0 Å². The van der Waals surface area contributed by atoms with Crippen LogP contribution in [0.1, 0.15) is 69.1 Å². The summed E-state index contributed by atoms with van der Waals surface area (Å²) < 4.78 is 2.29. The zero-order valence-electron chi connectivity index (χ0n) is 13.8. The van der Waals surface area contributed by atoms with Crippen LogP contribution in [0, 0.1) is 0 Å². The second-order valence-corrected chi connectivity index (χ2v) is 7.18. The Morgan fingerprint density at radius 2 is 2.00 bits per heavy atom. The molecule has 0 bridgehead atoms. The summed E-state index contributed by atoms with van der Waals surface area (Å²) in [6.07, 6.45) is 9.71. The predicted octanol–water partition coefficient (Wildman–Crippen LogP) is 1.81. The molecular weight excluding hydrogens is 290 g/mol. The van der Waals surface area contributed by atoms with Crippen molar-refractivity contribution < 1.29 is 4.79 Å². The van der Waals surface area contributed by atoms with Gasteiger partial charge in [0.2, 0.25) is 5.91 Å². The monoisotopic (exact) mass is 317 g/mol. The molecule has 0 radical (unpaired) electrons. The lowest BCUT2D eigenvalue weighted by atomic mass is 9.99. The van der Waals surface area contributed by atoms with E-state index in [1.165, 1.54) is 25.7 Å². The highest BCUT2D eigenvalue weighted by Crippen LogP contribution is 2.32. The molecule has 126 valence electrons. The van der Waals surface area contributed by atoms with E-state index in [-0.39, 0.29) is 6.04 Å². The van der Waals surface area contributed by atoms with Gasteiger partial charge in [-0.05, 0) is 51.5 Å². The van der Waals surface area contributed by atoms with Crippen LogP contribution in [0.25, 0.3) is 0 Å². The lowest BCUT2D eigenvalue weighted by molar-refractivity contribution is -0.135. The third-order valence-electron chi connectivity index (χ3n) is 5.59. The Balaban J connectivity index is 1.53. The first-order valence-electron chi connectivity index (χ1n) is 9.28. The fraction of sp³-hybridized carbons (Fsp3) is 0.824. The van der Waals surface area contributed by atoms with E-state index in [0.717, 1.165) is 57.0 Å². The van der Waals surface area contributed by atoms with E-state index in [9.17, 15) is 4.79 Å². The van der Waals surface area contributed by atoms with Crippen LogP contribution >= 0.6 is 0 Å². The normalized spacial score (nSPS) is 27.9. The van der Waals surface area contributed by atoms with Gasteiger partial charge in [-0.15, -0.1) is 10.2 Å². The molecule has 6 nitrogen and oxygen atoms in total. The molecule has 0 aliphatic carbocycles. The largest absolute Gasteiger partial charge is 0.332 e. The Bertz CT molecular complexity index is 563. The maximum atomic E-state index is 12.9. The number of hydrogen-bond acceptors (Lipinski definition) is 4. The number of aromatic nitrogens is 3. The number of carbonyl (C=O) groups is 1. The molecule has 2 saturated heterocycles. The Hall–Kier alpha value is -1.43. The predicted molar refractivity (Wildman–Crippen MR) is 86.9 cm³/mol. The van der Waals surface area contributed by atoms with Crippen LogP contribution in [0.5, 0.6) is 0 Å². The smallest absolute Gasteiger partial charge is 0.224 e. The summed E-state index contributed by atoms with van der Waals surface area (Å²) in [7, 11) is 0.